The Morgan fingerprint density at radius 2 is 2.17 bits per heavy atom. The number of hydrogen-bond donors (Lipinski definition) is 1. The molecule has 1 heterocycles. The number of hydrogen-bond acceptors (Lipinski definition) is 1. The lowest BCUT2D eigenvalue weighted by atomic mass is 10.2. The number of fused-ring (bicyclic) bond motifs is 1. The molecule has 0 aliphatic carbocycles. The molecule has 12 heavy (non-hydrogen) atoms. The fourth-order valence-corrected chi connectivity index (χ4v) is 1.16. The fraction of sp³-hybridized carbons (Fsp3) is 0. The molecule has 0 bridgehead atoms. The summed E-state index contributed by atoms with van der Waals surface area (Å²) in [4.78, 5) is 13.2. The van der Waals surface area contributed by atoms with Crippen molar-refractivity contribution in [1.29, 1.82) is 0 Å². The molecule has 1 N–H and O–H groups in total. The molecule has 2 rings (SSSR count). The highest BCUT2D eigenvalue weighted by atomic mass is 19.1. The summed E-state index contributed by atoms with van der Waals surface area (Å²) in [6, 6.07) is 6.02. The van der Waals surface area contributed by atoms with E-state index in [9.17, 15) is 9.18 Å². The molecule has 0 aliphatic rings. The van der Waals surface area contributed by atoms with Gasteiger partial charge in [-0.1, -0.05) is 12.1 Å². The van der Waals surface area contributed by atoms with Gasteiger partial charge in [0.2, 0.25) is 5.56 Å². The van der Waals surface area contributed by atoms with Crippen LogP contribution in [0.5, 0.6) is 0 Å². The topological polar surface area (TPSA) is 32.9 Å². The molecule has 0 atom stereocenters. The molecule has 0 fully saturated rings. The zero-order chi connectivity index (χ0) is 8.55. The molecule has 2 aromatic rings. The van der Waals surface area contributed by atoms with Crippen molar-refractivity contribution in [3.8, 4) is 0 Å². The lowest BCUT2D eigenvalue weighted by molar-refractivity contribution is 0.639. The van der Waals surface area contributed by atoms with Gasteiger partial charge in [-0.3, -0.25) is 4.79 Å². The number of rotatable bonds is 0. The minimum absolute atomic E-state index is 0.215. The van der Waals surface area contributed by atoms with Gasteiger partial charge < -0.3 is 4.98 Å². The average molecular weight is 163 g/mol. The first-order chi connectivity index (χ1) is 5.77. The third kappa shape index (κ3) is 0.993. The van der Waals surface area contributed by atoms with Crippen molar-refractivity contribution in [2.24, 2.45) is 0 Å². The molecule has 0 saturated carbocycles. The first-order valence-corrected chi connectivity index (χ1v) is 3.54. The molecule has 0 radical (unpaired) electrons. The van der Waals surface area contributed by atoms with E-state index in [1.807, 2.05) is 0 Å². The van der Waals surface area contributed by atoms with Crippen LogP contribution in [0.2, 0.25) is 0 Å². The van der Waals surface area contributed by atoms with Gasteiger partial charge >= 0.3 is 0 Å². The highest BCUT2D eigenvalue weighted by Gasteiger charge is 1.98. The van der Waals surface area contributed by atoms with Crippen molar-refractivity contribution < 1.29 is 4.39 Å². The van der Waals surface area contributed by atoms with Crippen LogP contribution >= 0.6 is 0 Å². The van der Waals surface area contributed by atoms with Crippen LogP contribution in [0.3, 0.4) is 0 Å². The van der Waals surface area contributed by atoms with Crippen LogP contribution < -0.4 is 5.56 Å². The third-order valence-electron chi connectivity index (χ3n) is 1.73. The lowest BCUT2D eigenvalue weighted by Crippen LogP contribution is -2.01. The van der Waals surface area contributed by atoms with Crippen molar-refractivity contribution in [1.82, 2.24) is 4.98 Å². The average Bonchev–Trinajstić information content (AvgIpc) is 2.04. The monoisotopic (exact) mass is 163 g/mol. The Kier molecular flexibility index (Phi) is 1.43. The Morgan fingerprint density at radius 1 is 1.33 bits per heavy atom. The molecule has 0 amide bonds. The zero-order valence-corrected chi connectivity index (χ0v) is 6.17. The van der Waals surface area contributed by atoms with Crippen molar-refractivity contribution in [3.63, 3.8) is 0 Å². The van der Waals surface area contributed by atoms with E-state index in [2.05, 4.69) is 4.98 Å². The summed E-state index contributed by atoms with van der Waals surface area (Å²) >= 11 is 0. The smallest absolute Gasteiger partial charge is 0.248 e. The summed E-state index contributed by atoms with van der Waals surface area (Å²) in [6.45, 7) is 0. The van der Waals surface area contributed by atoms with Crippen LogP contribution in [0.4, 0.5) is 4.39 Å². The Bertz CT molecular complexity index is 475. The van der Waals surface area contributed by atoms with E-state index in [1.165, 1.54) is 18.3 Å². The first-order valence-electron chi connectivity index (χ1n) is 3.54. The maximum absolute atomic E-state index is 13.0. The van der Waals surface area contributed by atoms with Crippen LogP contribution in [0.15, 0.2) is 35.3 Å². The second kappa shape index (κ2) is 2.44. The Morgan fingerprint density at radius 3 is 3.00 bits per heavy atom. The highest BCUT2D eigenvalue weighted by Crippen LogP contribution is 2.13. The van der Waals surface area contributed by atoms with Crippen LogP contribution in [-0.2, 0) is 0 Å². The van der Waals surface area contributed by atoms with Gasteiger partial charge in [0.1, 0.15) is 5.82 Å². The van der Waals surface area contributed by atoms with Crippen molar-refractivity contribution in [2.45, 2.75) is 0 Å². The third-order valence-corrected chi connectivity index (χ3v) is 1.73. The molecule has 1 aromatic carbocycles. The van der Waals surface area contributed by atoms with E-state index in [4.69, 9.17) is 0 Å². The van der Waals surface area contributed by atoms with Gasteiger partial charge in [0.15, 0.2) is 0 Å². The molecule has 0 aliphatic heterocycles. The highest BCUT2D eigenvalue weighted by molar-refractivity contribution is 5.81. The second-order valence-corrected chi connectivity index (χ2v) is 2.54. The van der Waals surface area contributed by atoms with Crippen LogP contribution in [0.1, 0.15) is 0 Å². The molecule has 2 nitrogen and oxygen atoms in total. The number of H-pyrrole nitrogens is 1. The van der Waals surface area contributed by atoms with Gasteiger partial charge in [-0.2, -0.15) is 0 Å². The van der Waals surface area contributed by atoms with Gasteiger partial charge in [0, 0.05) is 17.6 Å². The Labute approximate surface area is 67.7 Å². The number of benzene rings is 1. The Hall–Kier alpha value is -1.64. The number of pyridine rings is 1. The van der Waals surface area contributed by atoms with E-state index in [-0.39, 0.29) is 11.4 Å². The van der Waals surface area contributed by atoms with Gasteiger partial charge in [0.05, 0.1) is 0 Å². The summed E-state index contributed by atoms with van der Waals surface area (Å²) in [6.07, 6.45) is 1.38. The van der Waals surface area contributed by atoms with E-state index in [1.54, 1.807) is 12.1 Å². The number of aromatic nitrogens is 1. The maximum atomic E-state index is 13.0. The predicted molar refractivity (Wildman–Crippen MR) is 44.5 cm³/mol. The quantitative estimate of drug-likeness (QED) is 0.629. The lowest BCUT2D eigenvalue weighted by Gasteiger charge is -1.95. The fourth-order valence-electron chi connectivity index (χ4n) is 1.16. The van der Waals surface area contributed by atoms with E-state index >= 15 is 0 Å². The normalized spacial score (nSPS) is 10.4. The van der Waals surface area contributed by atoms with E-state index in [0.29, 0.717) is 10.8 Å². The van der Waals surface area contributed by atoms with Crippen molar-refractivity contribution >= 4 is 10.8 Å². The molecular formula is C9H6FNO. The van der Waals surface area contributed by atoms with Gasteiger partial charge in [-0.25, -0.2) is 4.39 Å². The molecule has 0 spiro atoms. The SMILES string of the molecule is O=c1cc2cccc(F)c2c[nH]1. The molecule has 1 aromatic heterocycles. The number of aromatic amines is 1. The van der Waals surface area contributed by atoms with E-state index < -0.39 is 0 Å². The largest absolute Gasteiger partial charge is 0.328 e. The van der Waals surface area contributed by atoms with Crippen molar-refractivity contribution in [3.05, 3.63) is 46.6 Å². The summed E-state index contributed by atoms with van der Waals surface area (Å²) in [7, 11) is 0. The summed E-state index contributed by atoms with van der Waals surface area (Å²) in [5.74, 6) is -0.316. The van der Waals surface area contributed by atoms with E-state index in [0.717, 1.165) is 0 Å². The number of nitrogens with one attached hydrogen (secondary N) is 1. The van der Waals surface area contributed by atoms with Crippen molar-refractivity contribution in [2.75, 3.05) is 0 Å². The molecule has 0 unspecified atom stereocenters. The van der Waals surface area contributed by atoms with Gasteiger partial charge in [-0.15, -0.1) is 0 Å². The predicted octanol–water partition coefficient (Wildman–Crippen LogP) is 1.67. The molecule has 0 saturated heterocycles. The summed E-state index contributed by atoms with van der Waals surface area (Å²) in [5, 5.41) is 1.07. The van der Waals surface area contributed by atoms with Gasteiger partial charge in [0.25, 0.3) is 0 Å². The van der Waals surface area contributed by atoms with Crippen LogP contribution in [0, 0.1) is 5.82 Å². The number of halogens is 1. The minimum Gasteiger partial charge on any atom is -0.328 e. The summed E-state index contributed by atoms with van der Waals surface area (Å²) < 4.78 is 13.0. The minimum atomic E-state index is -0.316. The first kappa shape index (κ1) is 7.03. The van der Waals surface area contributed by atoms with Crippen LogP contribution in [-0.4, -0.2) is 4.98 Å². The standard InChI is InChI=1S/C9H6FNO/c10-8-3-1-2-6-4-9(12)11-5-7(6)8/h1-5H,(H,11,12). The maximum Gasteiger partial charge on any atom is 0.248 e. The molecule has 3 heteroatoms. The molecule has 60 valence electrons. The molecular weight excluding hydrogens is 157 g/mol. The van der Waals surface area contributed by atoms with Gasteiger partial charge in [-0.05, 0) is 11.5 Å². The second-order valence-electron chi connectivity index (χ2n) is 2.54. The Balaban J connectivity index is 2.96. The zero-order valence-electron chi connectivity index (χ0n) is 6.17. The van der Waals surface area contributed by atoms with Crippen LogP contribution in [0.25, 0.3) is 10.8 Å². The summed E-state index contributed by atoms with van der Waals surface area (Å²) in [5.41, 5.74) is -0.215.